The monoisotopic (exact) mass is 272 g/mol. The van der Waals surface area contributed by atoms with E-state index in [1.165, 1.54) is 20.2 Å². The van der Waals surface area contributed by atoms with Crippen LogP contribution in [-0.4, -0.2) is 17.2 Å². The van der Waals surface area contributed by atoms with Gasteiger partial charge in [0, 0.05) is 17.3 Å². The van der Waals surface area contributed by atoms with E-state index in [0.29, 0.717) is 22.4 Å². The largest absolute Gasteiger partial charge is 0.495 e. The Balaban J connectivity index is 2.64. The maximum absolute atomic E-state index is 13.8. The van der Waals surface area contributed by atoms with E-state index in [1.807, 2.05) is 6.07 Å². The summed E-state index contributed by atoms with van der Waals surface area (Å²) in [7, 11) is 1.46. The minimum absolute atomic E-state index is 0.173. The summed E-state index contributed by atoms with van der Waals surface area (Å²) in [6.45, 7) is 1.49. The van der Waals surface area contributed by atoms with Crippen LogP contribution < -0.4 is 4.74 Å². The zero-order valence-electron chi connectivity index (χ0n) is 11.1. The molecule has 102 valence electrons. The van der Waals surface area contributed by atoms with Crippen molar-refractivity contribution in [3.05, 3.63) is 47.5 Å². The van der Waals surface area contributed by atoms with Gasteiger partial charge in [-0.05, 0) is 24.6 Å². The first kappa shape index (κ1) is 14.0. The quantitative estimate of drug-likeness (QED) is 0.933. The zero-order chi connectivity index (χ0) is 14.7. The molecule has 0 spiro atoms. The van der Waals surface area contributed by atoms with E-state index < -0.39 is 11.9 Å². The van der Waals surface area contributed by atoms with Crippen molar-refractivity contribution in [2.75, 3.05) is 7.11 Å². The van der Waals surface area contributed by atoms with Gasteiger partial charge in [-0.1, -0.05) is 6.07 Å². The van der Waals surface area contributed by atoms with E-state index in [1.54, 1.807) is 18.2 Å². The molecule has 5 heteroatoms. The summed E-state index contributed by atoms with van der Waals surface area (Å²) in [5.74, 6) is -0.174. The summed E-state index contributed by atoms with van der Waals surface area (Å²) in [6.07, 6.45) is 1.58. The third kappa shape index (κ3) is 2.46. The molecule has 1 N–H and O–H groups in total. The van der Waals surface area contributed by atoms with Crippen LogP contribution >= 0.6 is 0 Å². The summed E-state index contributed by atoms with van der Waals surface area (Å²) in [5, 5.41) is 18.7. The van der Waals surface area contributed by atoms with Crippen LogP contribution in [0.15, 0.2) is 30.6 Å². The molecule has 0 saturated carbocycles. The SMILES string of the molecule is COc1cc(-c2cncc(F)c2C(C)O)ccc1C#N. The molecule has 0 bridgehead atoms. The molecule has 2 rings (SSSR count). The number of aliphatic hydroxyl groups excluding tert-OH is 1. The number of halogens is 1. The van der Waals surface area contributed by atoms with Crippen molar-refractivity contribution in [3.63, 3.8) is 0 Å². The van der Waals surface area contributed by atoms with Gasteiger partial charge in [-0.3, -0.25) is 4.98 Å². The standard InChI is InChI=1S/C15H13FN2O2/c1-9(19)15-12(7-18-8-13(15)16)10-3-4-11(6-17)14(5-10)20-2/h3-5,7-9,19H,1-2H3. The Kier molecular flexibility index (Phi) is 3.97. The number of pyridine rings is 1. The maximum atomic E-state index is 13.8. The van der Waals surface area contributed by atoms with E-state index in [2.05, 4.69) is 4.98 Å². The fourth-order valence-electron chi connectivity index (χ4n) is 2.05. The minimum Gasteiger partial charge on any atom is -0.495 e. The third-order valence-corrected chi connectivity index (χ3v) is 2.99. The fraction of sp³-hybridized carbons (Fsp3) is 0.200. The van der Waals surface area contributed by atoms with E-state index >= 15 is 0 Å². The van der Waals surface area contributed by atoms with Gasteiger partial charge < -0.3 is 9.84 Å². The van der Waals surface area contributed by atoms with Crippen LogP contribution in [0.2, 0.25) is 0 Å². The second kappa shape index (κ2) is 5.68. The van der Waals surface area contributed by atoms with Crippen LogP contribution in [0.3, 0.4) is 0 Å². The van der Waals surface area contributed by atoms with Crippen LogP contribution in [0.5, 0.6) is 5.75 Å². The van der Waals surface area contributed by atoms with Crippen molar-refractivity contribution < 1.29 is 14.2 Å². The minimum atomic E-state index is -0.963. The predicted molar refractivity (Wildman–Crippen MR) is 71.5 cm³/mol. The van der Waals surface area contributed by atoms with Gasteiger partial charge in [-0.2, -0.15) is 5.26 Å². The smallest absolute Gasteiger partial charge is 0.147 e. The Morgan fingerprint density at radius 3 is 2.75 bits per heavy atom. The topological polar surface area (TPSA) is 66.1 Å². The van der Waals surface area contributed by atoms with Crippen molar-refractivity contribution in [1.29, 1.82) is 5.26 Å². The van der Waals surface area contributed by atoms with Gasteiger partial charge in [0.1, 0.15) is 17.6 Å². The van der Waals surface area contributed by atoms with Gasteiger partial charge >= 0.3 is 0 Å². The second-order valence-corrected chi connectivity index (χ2v) is 4.29. The molecule has 0 aliphatic carbocycles. The fourth-order valence-corrected chi connectivity index (χ4v) is 2.05. The molecule has 1 atom stereocenters. The summed E-state index contributed by atoms with van der Waals surface area (Å²) < 4.78 is 18.9. The van der Waals surface area contributed by atoms with Gasteiger partial charge in [0.2, 0.25) is 0 Å². The molecule has 1 aromatic heterocycles. The Morgan fingerprint density at radius 2 is 2.15 bits per heavy atom. The Morgan fingerprint density at radius 1 is 1.40 bits per heavy atom. The lowest BCUT2D eigenvalue weighted by Crippen LogP contribution is -2.01. The van der Waals surface area contributed by atoms with E-state index in [0.717, 1.165) is 6.20 Å². The number of benzene rings is 1. The van der Waals surface area contributed by atoms with Crippen molar-refractivity contribution >= 4 is 0 Å². The van der Waals surface area contributed by atoms with Gasteiger partial charge in [-0.25, -0.2) is 4.39 Å². The average molecular weight is 272 g/mol. The number of hydrogen-bond donors (Lipinski definition) is 1. The van der Waals surface area contributed by atoms with Crippen LogP contribution in [0.25, 0.3) is 11.1 Å². The zero-order valence-corrected chi connectivity index (χ0v) is 11.1. The molecule has 1 heterocycles. The van der Waals surface area contributed by atoms with Crippen molar-refractivity contribution in [2.24, 2.45) is 0 Å². The third-order valence-electron chi connectivity index (χ3n) is 2.99. The highest BCUT2D eigenvalue weighted by Gasteiger charge is 2.16. The number of nitriles is 1. The van der Waals surface area contributed by atoms with Crippen LogP contribution in [0, 0.1) is 17.1 Å². The van der Waals surface area contributed by atoms with Crippen molar-refractivity contribution in [2.45, 2.75) is 13.0 Å². The van der Waals surface area contributed by atoms with Crippen molar-refractivity contribution in [3.8, 4) is 22.9 Å². The number of hydrogen-bond acceptors (Lipinski definition) is 4. The molecule has 2 aromatic rings. The Hall–Kier alpha value is -2.45. The summed E-state index contributed by atoms with van der Waals surface area (Å²) in [5.41, 5.74) is 1.66. The lowest BCUT2D eigenvalue weighted by atomic mass is 9.97. The summed E-state index contributed by atoms with van der Waals surface area (Å²) in [4.78, 5) is 3.81. The van der Waals surface area contributed by atoms with E-state index in [9.17, 15) is 9.50 Å². The molecule has 4 nitrogen and oxygen atoms in total. The number of aliphatic hydroxyl groups is 1. The molecule has 1 aromatic carbocycles. The average Bonchev–Trinajstić information content (AvgIpc) is 2.45. The summed E-state index contributed by atoms with van der Waals surface area (Å²) in [6, 6.07) is 6.89. The number of nitrogens with zero attached hydrogens (tertiary/aromatic N) is 2. The number of ether oxygens (including phenoxy) is 1. The number of methoxy groups -OCH3 is 1. The molecule has 0 radical (unpaired) electrons. The van der Waals surface area contributed by atoms with E-state index in [-0.39, 0.29) is 5.56 Å². The normalized spacial score (nSPS) is 11.8. The molecule has 0 amide bonds. The summed E-state index contributed by atoms with van der Waals surface area (Å²) >= 11 is 0. The van der Waals surface area contributed by atoms with Crippen molar-refractivity contribution in [1.82, 2.24) is 4.98 Å². The molecule has 20 heavy (non-hydrogen) atoms. The highest BCUT2D eigenvalue weighted by molar-refractivity contribution is 5.70. The maximum Gasteiger partial charge on any atom is 0.147 e. The van der Waals surface area contributed by atoms with E-state index in [4.69, 9.17) is 10.00 Å². The first-order valence-electron chi connectivity index (χ1n) is 5.98. The van der Waals surface area contributed by atoms with Gasteiger partial charge in [0.05, 0.1) is 25.0 Å². The molecular weight excluding hydrogens is 259 g/mol. The molecular formula is C15H13FN2O2. The molecule has 0 saturated heterocycles. The van der Waals surface area contributed by atoms with Gasteiger partial charge in [-0.15, -0.1) is 0 Å². The van der Waals surface area contributed by atoms with Crippen LogP contribution in [0.1, 0.15) is 24.2 Å². The molecule has 0 fully saturated rings. The lowest BCUT2D eigenvalue weighted by molar-refractivity contribution is 0.194. The van der Waals surface area contributed by atoms with Gasteiger partial charge in [0.15, 0.2) is 0 Å². The molecule has 0 aliphatic heterocycles. The molecule has 1 unspecified atom stereocenters. The number of aromatic nitrogens is 1. The highest BCUT2D eigenvalue weighted by Crippen LogP contribution is 2.32. The first-order chi connectivity index (χ1) is 9.58. The van der Waals surface area contributed by atoms with Gasteiger partial charge in [0.25, 0.3) is 0 Å². The second-order valence-electron chi connectivity index (χ2n) is 4.29. The lowest BCUT2D eigenvalue weighted by Gasteiger charge is -2.13. The van der Waals surface area contributed by atoms with Crippen LogP contribution in [-0.2, 0) is 0 Å². The Labute approximate surface area is 116 Å². The van der Waals surface area contributed by atoms with Crippen LogP contribution in [0.4, 0.5) is 4.39 Å². The predicted octanol–water partition coefficient (Wildman–Crippen LogP) is 2.82. The Bertz CT molecular complexity index is 678. The highest BCUT2D eigenvalue weighted by atomic mass is 19.1. The molecule has 0 aliphatic rings. The first-order valence-corrected chi connectivity index (χ1v) is 5.98. The number of rotatable bonds is 3.